The molecule has 1 fully saturated rings. The van der Waals surface area contributed by atoms with E-state index in [1.54, 1.807) is 6.07 Å². The first-order valence-electron chi connectivity index (χ1n) is 6.46. The van der Waals surface area contributed by atoms with Crippen LogP contribution in [-0.2, 0) is 6.54 Å². The van der Waals surface area contributed by atoms with Crippen LogP contribution in [0, 0.1) is 5.82 Å². The van der Waals surface area contributed by atoms with Crippen LogP contribution in [0.3, 0.4) is 0 Å². The van der Waals surface area contributed by atoms with Crippen LogP contribution in [0.25, 0.3) is 0 Å². The van der Waals surface area contributed by atoms with Crippen LogP contribution in [0.2, 0.25) is 5.02 Å². The third-order valence-corrected chi connectivity index (χ3v) is 3.93. The number of hydrogen-bond donors (Lipinski definition) is 2. The molecule has 0 aromatic heterocycles. The van der Waals surface area contributed by atoms with Crippen molar-refractivity contribution in [1.82, 2.24) is 5.32 Å². The first-order valence-corrected chi connectivity index (χ1v) is 6.84. The largest absolute Gasteiger partial charge is 0.389 e. The molecule has 1 aromatic rings. The second kappa shape index (κ2) is 6.00. The molecule has 0 bridgehead atoms. The summed E-state index contributed by atoms with van der Waals surface area (Å²) in [5.74, 6) is -0.285. The van der Waals surface area contributed by atoms with Gasteiger partial charge in [0.05, 0.1) is 5.60 Å². The van der Waals surface area contributed by atoms with Gasteiger partial charge >= 0.3 is 0 Å². The molecule has 0 atom stereocenters. The van der Waals surface area contributed by atoms with Crippen molar-refractivity contribution in [3.63, 3.8) is 0 Å². The SMILES string of the molecule is OC1(CNCc2cc(F)ccc2Cl)CCCCC1. The molecule has 2 rings (SSSR count). The topological polar surface area (TPSA) is 32.3 Å². The fourth-order valence-electron chi connectivity index (χ4n) is 2.50. The number of nitrogens with one attached hydrogen (secondary N) is 1. The molecule has 0 heterocycles. The van der Waals surface area contributed by atoms with Gasteiger partial charge in [-0.15, -0.1) is 0 Å². The van der Waals surface area contributed by atoms with Crippen molar-refractivity contribution in [3.8, 4) is 0 Å². The minimum atomic E-state index is -0.599. The van der Waals surface area contributed by atoms with Gasteiger partial charge in [0.15, 0.2) is 0 Å². The first-order chi connectivity index (χ1) is 8.59. The summed E-state index contributed by atoms with van der Waals surface area (Å²) in [4.78, 5) is 0. The van der Waals surface area contributed by atoms with Gasteiger partial charge < -0.3 is 10.4 Å². The fraction of sp³-hybridized carbons (Fsp3) is 0.571. The van der Waals surface area contributed by atoms with Crippen LogP contribution in [-0.4, -0.2) is 17.3 Å². The Bertz CT molecular complexity index is 405. The molecular formula is C14H19ClFNO. The van der Waals surface area contributed by atoms with Gasteiger partial charge in [0.25, 0.3) is 0 Å². The standard InChI is InChI=1S/C14H19ClFNO/c15-13-5-4-12(16)8-11(13)9-17-10-14(18)6-2-1-3-7-14/h4-5,8,17-18H,1-3,6-7,9-10H2. The van der Waals surface area contributed by atoms with Gasteiger partial charge in [0.1, 0.15) is 5.82 Å². The Morgan fingerprint density at radius 3 is 2.72 bits per heavy atom. The number of aliphatic hydroxyl groups is 1. The lowest BCUT2D eigenvalue weighted by molar-refractivity contribution is 0.00467. The Kier molecular flexibility index (Phi) is 4.60. The summed E-state index contributed by atoms with van der Waals surface area (Å²) in [6, 6.07) is 4.34. The Morgan fingerprint density at radius 1 is 1.28 bits per heavy atom. The maximum absolute atomic E-state index is 13.1. The molecule has 0 spiro atoms. The molecule has 2 nitrogen and oxygen atoms in total. The summed E-state index contributed by atoms with van der Waals surface area (Å²) >= 11 is 5.98. The van der Waals surface area contributed by atoms with Crippen molar-refractivity contribution in [2.24, 2.45) is 0 Å². The van der Waals surface area contributed by atoms with Gasteiger partial charge in [-0.1, -0.05) is 30.9 Å². The van der Waals surface area contributed by atoms with Crippen LogP contribution in [0.4, 0.5) is 4.39 Å². The molecule has 0 amide bonds. The summed E-state index contributed by atoms with van der Waals surface area (Å²) in [7, 11) is 0. The highest BCUT2D eigenvalue weighted by Crippen LogP contribution is 2.27. The van der Waals surface area contributed by atoms with Crippen LogP contribution >= 0.6 is 11.6 Å². The minimum absolute atomic E-state index is 0.285. The summed E-state index contributed by atoms with van der Waals surface area (Å²) < 4.78 is 13.1. The van der Waals surface area contributed by atoms with E-state index in [1.165, 1.54) is 18.6 Å². The molecule has 1 aliphatic carbocycles. The predicted octanol–water partition coefficient (Wildman–Crippen LogP) is 3.26. The molecular weight excluding hydrogens is 253 g/mol. The second-order valence-corrected chi connectivity index (χ2v) is 5.53. The lowest BCUT2D eigenvalue weighted by atomic mass is 9.85. The minimum Gasteiger partial charge on any atom is -0.389 e. The van der Waals surface area contributed by atoms with E-state index in [2.05, 4.69) is 5.32 Å². The summed E-state index contributed by atoms with van der Waals surface area (Å²) in [6.07, 6.45) is 5.06. The lowest BCUT2D eigenvalue weighted by Crippen LogP contribution is -2.41. The molecule has 1 aromatic carbocycles. The molecule has 0 unspecified atom stereocenters. The van der Waals surface area contributed by atoms with E-state index in [0.29, 0.717) is 18.1 Å². The zero-order chi connectivity index (χ0) is 13.0. The summed E-state index contributed by atoms with van der Waals surface area (Å²) in [5, 5.41) is 14.0. The second-order valence-electron chi connectivity index (χ2n) is 5.12. The molecule has 0 radical (unpaired) electrons. The number of hydrogen-bond acceptors (Lipinski definition) is 2. The summed E-state index contributed by atoms with van der Waals surface area (Å²) in [5.41, 5.74) is 0.133. The monoisotopic (exact) mass is 271 g/mol. The van der Waals surface area contributed by atoms with Gasteiger partial charge in [0.2, 0.25) is 0 Å². The van der Waals surface area contributed by atoms with Gasteiger partial charge in [-0.05, 0) is 36.6 Å². The smallest absolute Gasteiger partial charge is 0.123 e. The normalized spacial score (nSPS) is 18.8. The van der Waals surface area contributed by atoms with E-state index in [1.807, 2.05) is 0 Å². The lowest BCUT2D eigenvalue weighted by Gasteiger charge is -2.32. The molecule has 1 aliphatic rings. The van der Waals surface area contributed by atoms with Crippen molar-refractivity contribution in [1.29, 1.82) is 0 Å². The summed E-state index contributed by atoms with van der Waals surface area (Å²) in [6.45, 7) is 1.03. The quantitative estimate of drug-likeness (QED) is 0.881. The van der Waals surface area contributed by atoms with Gasteiger partial charge in [0, 0.05) is 18.1 Å². The zero-order valence-electron chi connectivity index (χ0n) is 10.4. The first kappa shape index (κ1) is 13.8. The maximum Gasteiger partial charge on any atom is 0.123 e. The number of halogens is 2. The van der Waals surface area contributed by atoms with E-state index >= 15 is 0 Å². The van der Waals surface area contributed by atoms with Crippen LogP contribution in [0.5, 0.6) is 0 Å². The number of benzene rings is 1. The average Bonchev–Trinajstić information content (AvgIpc) is 2.34. The predicted molar refractivity (Wildman–Crippen MR) is 71.2 cm³/mol. The zero-order valence-corrected chi connectivity index (χ0v) is 11.1. The van der Waals surface area contributed by atoms with Crippen LogP contribution in [0.15, 0.2) is 18.2 Å². The van der Waals surface area contributed by atoms with Crippen molar-refractivity contribution in [3.05, 3.63) is 34.6 Å². The van der Waals surface area contributed by atoms with E-state index in [0.717, 1.165) is 31.2 Å². The van der Waals surface area contributed by atoms with Crippen LogP contribution < -0.4 is 5.32 Å². The van der Waals surface area contributed by atoms with Crippen molar-refractivity contribution < 1.29 is 9.50 Å². The van der Waals surface area contributed by atoms with Crippen LogP contribution in [0.1, 0.15) is 37.7 Å². The molecule has 4 heteroatoms. The molecule has 18 heavy (non-hydrogen) atoms. The molecule has 2 N–H and O–H groups in total. The van der Waals surface area contributed by atoms with Crippen molar-refractivity contribution in [2.45, 2.75) is 44.2 Å². The van der Waals surface area contributed by atoms with Gasteiger partial charge in [-0.3, -0.25) is 0 Å². The Balaban J connectivity index is 1.86. The van der Waals surface area contributed by atoms with Gasteiger partial charge in [-0.25, -0.2) is 4.39 Å². The molecule has 0 saturated heterocycles. The van der Waals surface area contributed by atoms with Crippen molar-refractivity contribution in [2.75, 3.05) is 6.54 Å². The third-order valence-electron chi connectivity index (χ3n) is 3.56. The maximum atomic E-state index is 13.1. The molecule has 0 aliphatic heterocycles. The highest BCUT2D eigenvalue weighted by Gasteiger charge is 2.28. The number of rotatable bonds is 4. The average molecular weight is 272 g/mol. The van der Waals surface area contributed by atoms with Crippen molar-refractivity contribution >= 4 is 11.6 Å². The van der Waals surface area contributed by atoms with Gasteiger partial charge in [-0.2, -0.15) is 0 Å². The highest BCUT2D eigenvalue weighted by atomic mass is 35.5. The Morgan fingerprint density at radius 2 is 2.00 bits per heavy atom. The Hall–Kier alpha value is -0.640. The fourth-order valence-corrected chi connectivity index (χ4v) is 2.68. The highest BCUT2D eigenvalue weighted by molar-refractivity contribution is 6.31. The van der Waals surface area contributed by atoms with E-state index < -0.39 is 5.60 Å². The van der Waals surface area contributed by atoms with E-state index in [-0.39, 0.29) is 5.82 Å². The molecule has 1 saturated carbocycles. The third kappa shape index (κ3) is 3.67. The van der Waals surface area contributed by atoms with E-state index in [9.17, 15) is 9.50 Å². The molecule has 100 valence electrons. The van der Waals surface area contributed by atoms with E-state index in [4.69, 9.17) is 11.6 Å². The Labute approximate surface area is 112 Å².